The first-order valence-electron chi connectivity index (χ1n) is 9.24. The Morgan fingerprint density at radius 2 is 1.96 bits per heavy atom. The predicted molar refractivity (Wildman–Crippen MR) is 111 cm³/mol. The SMILES string of the molecule is CCNC(=O)COc1cccc(CN=C(NCC)NCCc2cccs2)c1. The van der Waals surface area contributed by atoms with Crippen LogP contribution in [0.5, 0.6) is 5.75 Å². The molecule has 0 saturated heterocycles. The van der Waals surface area contributed by atoms with E-state index in [-0.39, 0.29) is 12.5 Å². The van der Waals surface area contributed by atoms with Crippen LogP contribution in [0.25, 0.3) is 0 Å². The molecule has 1 amide bonds. The van der Waals surface area contributed by atoms with Crippen LogP contribution in [0.2, 0.25) is 0 Å². The topological polar surface area (TPSA) is 74.8 Å². The number of nitrogens with one attached hydrogen (secondary N) is 3. The fourth-order valence-electron chi connectivity index (χ4n) is 2.40. The molecular weight excluding hydrogens is 360 g/mol. The minimum Gasteiger partial charge on any atom is -0.484 e. The van der Waals surface area contributed by atoms with Crippen molar-refractivity contribution in [3.8, 4) is 5.75 Å². The molecule has 6 nitrogen and oxygen atoms in total. The van der Waals surface area contributed by atoms with E-state index >= 15 is 0 Å². The summed E-state index contributed by atoms with van der Waals surface area (Å²) in [6.45, 7) is 6.73. The molecule has 27 heavy (non-hydrogen) atoms. The van der Waals surface area contributed by atoms with Gasteiger partial charge in [-0.25, -0.2) is 4.99 Å². The Morgan fingerprint density at radius 3 is 2.70 bits per heavy atom. The first kappa shape index (κ1) is 20.8. The van der Waals surface area contributed by atoms with Crippen molar-refractivity contribution in [2.75, 3.05) is 26.2 Å². The van der Waals surface area contributed by atoms with Crippen LogP contribution in [-0.4, -0.2) is 38.1 Å². The molecule has 0 fully saturated rings. The summed E-state index contributed by atoms with van der Waals surface area (Å²) in [6.07, 6.45) is 0.977. The number of hydrogen-bond donors (Lipinski definition) is 3. The average Bonchev–Trinajstić information content (AvgIpc) is 3.18. The molecule has 2 aromatic rings. The highest BCUT2D eigenvalue weighted by Crippen LogP contribution is 2.14. The maximum Gasteiger partial charge on any atom is 0.257 e. The molecule has 0 bridgehead atoms. The molecule has 0 aliphatic rings. The molecule has 1 heterocycles. The molecule has 3 N–H and O–H groups in total. The molecular formula is C20H28N4O2S. The zero-order valence-electron chi connectivity index (χ0n) is 16.0. The molecule has 1 aromatic heterocycles. The number of hydrogen-bond acceptors (Lipinski definition) is 4. The van der Waals surface area contributed by atoms with E-state index < -0.39 is 0 Å². The highest BCUT2D eigenvalue weighted by atomic mass is 32.1. The van der Waals surface area contributed by atoms with Crippen molar-refractivity contribution in [1.29, 1.82) is 0 Å². The van der Waals surface area contributed by atoms with Crippen molar-refractivity contribution < 1.29 is 9.53 Å². The Kier molecular flexibility index (Phi) is 9.20. The van der Waals surface area contributed by atoms with E-state index in [1.165, 1.54) is 4.88 Å². The van der Waals surface area contributed by atoms with E-state index in [0.717, 1.165) is 31.0 Å². The van der Waals surface area contributed by atoms with Gasteiger partial charge in [-0.05, 0) is 49.4 Å². The Labute approximate surface area is 165 Å². The van der Waals surface area contributed by atoms with Crippen LogP contribution in [0.15, 0.2) is 46.8 Å². The summed E-state index contributed by atoms with van der Waals surface area (Å²) in [5, 5.41) is 11.4. The van der Waals surface area contributed by atoms with Gasteiger partial charge >= 0.3 is 0 Å². The van der Waals surface area contributed by atoms with Crippen LogP contribution in [0.3, 0.4) is 0 Å². The van der Waals surface area contributed by atoms with Crippen LogP contribution in [0.4, 0.5) is 0 Å². The molecule has 0 aliphatic heterocycles. The van der Waals surface area contributed by atoms with Crippen LogP contribution in [-0.2, 0) is 17.8 Å². The van der Waals surface area contributed by atoms with Crippen LogP contribution in [0.1, 0.15) is 24.3 Å². The van der Waals surface area contributed by atoms with E-state index in [4.69, 9.17) is 4.74 Å². The Hall–Kier alpha value is -2.54. The number of thiophene rings is 1. The number of nitrogens with zero attached hydrogens (tertiary/aromatic N) is 1. The van der Waals surface area contributed by atoms with Crippen molar-refractivity contribution >= 4 is 23.2 Å². The molecule has 0 spiro atoms. The zero-order valence-corrected chi connectivity index (χ0v) is 16.8. The average molecular weight is 389 g/mol. The van der Waals surface area contributed by atoms with Gasteiger partial charge in [-0.2, -0.15) is 0 Å². The number of aliphatic imine (C=N–C) groups is 1. The summed E-state index contributed by atoms with van der Waals surface area (Å²) in [6, 6.07) is 11.9. The predicted octanol–water partition coefficient (Wildman–Crippen LogP) is 2.56. The van der Waals surface area contributed by atoms with E-state index in [0.29, 0.717) is 18.8 Å². The highest BCUT2D eigenvalue weighted by molar-refractivity contribution is 7.09. The number of likely N-dealkylation sites (N-methyl/N-ethyl adjacent to an activating group) is 1. The molecule has 0 atom stereocenters. The lowest BCUT2D eigenvalue weighted by atomic mass is 10.2. The summed E-state index contributed by atoms with van der Waals surface area (Å²) in [4.78, 5) is 17.5. The molecule has 0 radical (unpaired) electrons. The summed E-state index contributed by atoms with van der Waals surface area (Å²) in [5.74, 6) is 1.35. The van der Waals surface area contributed by atoms with Gasteiger partial charge in [0.25, 0.3) is 5.91 Å². The molecule has 1 aromatic carbocycles. The third kappa shape index (κ3) is 8.13. The Morgan fingerprint density at radius 1 is 1.11 bits per heavy atom. The molecule has 0 aliphatic carbocycles. The van der Waals surface area contributed by atoms with Crippen LogP contribution < -0.4 is 20.7 Å². The van der Waals surface area contributed by atoms with E-state index in [1.807, 2.05) is 38.1 Å². The first-order chi connectivity index (χ1) is 13.2. The number of carbonyl (C=O) groups is 1. The molecule has 0 unspecified atom stereocenters. The number of ether oxygens (including phenoxy) is 1. The third-order valence-corrected chi connectivity index (χ3v) is 4.59. The van der Waals surface area contributed by atoms with Gasteiger partial charge in [-0.3, -0.25) is 4.79 Å². The number of carbonyl (C=O) groups excluding carboxylic acids is 1. The standard InChI is InChI=1S/C20H28N4O2S/c1-3-21-19(25)15-26-17-8-5-7-16(13-17)14-24-20(22-4-2)23-11-10-18-9-6-12-27-18/h5-9,12-13H,3-4,10-11,14-15H2,1-2H3,(H,21,25)(H2,22,23,24). The Bertz CT molecular complexity index is 717. The highest BCUT2D eigenvalue weighted by Gasteiger charge is 2.03. The number of rotatable bonds is 10. The van der Waals surface area contributed by atoms with Crippen LogP contribution in [0, 0.1) is 0 Å². The molecule has 146 valence electrons. The lowest BCUT2D eigenvalue weighted by Gasteiger charge is -2.11. The maximum absolute atomic E-state index is 11.5. The second-order valence-electron chi connectivity index (χ2n) is 5.84. The van der Waals surface area contributed by atoms with Gasteiger partial charge in [0.1, 0.15) is 5.75 Å². The number of benzene rings is 1. The van der Waals surface area contributed by atoms with Gasteiger partial charge in [-0.1, -0.05) is 18.2 Å². The normalized spacial score (nSPS) is 11.1. The zero-order chi connectivity index (χ0) is 19.3. The maximum atomic E-state index is 11.5. The van der Waals surface area contributed by atoms with Gasteiger partial charge < -0.3 is 20.7 Å². The fraction of sp³-hybridized carbons (Fsp3) is 0.400. The van der Waals surface area contributed by atoms with E-state index in [2.05, 4.69) is 38.5 Å². The second kappa shape index (κ2) is 12.0. The summed E-state index contributed by atoms with van der Waals surface area (Å²) in [7, 11) is 0. The lowest BCUT2D eigenvalue weighted by molar-refractivity contribution is -0.122. The van der Waals surface area contributed by atoms with Gasteiger partial charge in [0.2, 0.25) is 0 Å². The van der Waals surface area contributed by atoms with Crippen molar-refractivity contribution in [2.45, 2.75) is 26.8 Å². The number of amides is 1. The van der Waals surface area contributed by atoms with Gasteiger partial charge in [-0.15, -0.1) is 11.3 Å². The van der Waals surface area contributed by atoms with E-state index in [9.17, 15) is 4.79 Å². The molecule has 2 rings (SSSR count). The summed E-state index contributed by atoms with van der Waals surface area (Å²) >= 11 is 1.77. The van der Waals surface area contributed by atoms with E-state index in [1.54, 1.807) is 11.3 Å². The van der Waals surface area contributed by atoms with Crippen molar-refractivity contribution in [3.05, 3.63) is 52.2 Å². The monoisotopic (exact) mass is 388 g/mol. The molecule has 7 heteroatoms. The van der Waals surface area contributed by atoms with Gasteiger partial charge in [0.15, 0.2) is 12.6 Å². The molecule has 0 saturated carbocycles. The van der Waals surface area contributed by atoms with Gasteiger partial charge in [0, 0.05) is 24.5 Å². The third-order valence-electron chi connectivity index (χ3n) is 3.65. The smallest absolute Gasteiger partial charge is 0.257 e. The summed E-state index contributed by atoms with van der Waals surface area (Å²) < 4.78 is 5.53. The minimum atomic E-state index is -0.120. The quantitative estimate of drug-likeness (QED) is 0.432. The minimum absolute atomic E-state index is 0.0213. The summed E-state index contributed by atoms with van der Waals surface area (Å²) in [5.41, 5.74) is 1.03. The largest absolute Gasteiger partial charge is 0.484 e. The fourth-order valence-corrected chi connectivity index (χ4v) is 3.11. The Balaban J connectivity index is 1.86. The first-order valence-corrected chi connectivity index (χ1v) is 10.1. The van der Waals surface area contributed by atoms with Gasteiger partial charge in [0.05, 0.1) is 6.54 Å². The van der Waals surface area contributed by atoms with Crippen LogP contribution >= 0.6 is 11.3 Å². The van der Waals surface area contributed by atoms with Crippen molar-refractivity contribution in [1.82, 2.24) is 16.0 Å². The lowest BCUT2D eigenvalue weighted by Crippen LogP contribution is -2.38. The number of guanidine groups is 1. The van der Waals surface area contributed by atoms with Crippen molar-refractivity contribution in [3.63, 3.8) is 0 Å². The van der Waals surface area contributed by atoms with Crippen molar-refractivity contribution in [2.24, 2.45) is 4.99 Å². The second-order valence-corrected chi connectivity index (χ2v) is 6.87.